The molecule has 1 heterocycles. The molecule has 1 aromatic carbocycles. The second-order valence-corrected chi connectivity index (χ2v) is 4.98. The Morgan fingerprint density at radius 2 is 2.14 bits per heavy atom. The zero-order valence-electron chi connectivity index (χ0n) is 11.4. The van der Waals surface area contributed by atoms with Crippen LogP contribution < -0.4 is 10.6 Å². The molecule has 3 nitrogen and oxygen atoms in total. The Kier molecular flexibility index (Phi) is 6.48. The summed E-state index contributed by atoms with van der Waals surface area (Å²) in [6, 6.07) is 4.48. The van der Waals surface area contributed by atoms with Gasteiger partial charge in [0, 0.05) is 12.1 Å². The zero-order valence-corrected chi connectivity index (χ0v) is 12.2. The number of hydrogen-bond acceptors (Lipinski definition) is 2. The van der Waals surface area contributed by atoms with Crippen molar-refractivity contribution in [2.75, 3.05) is 19.6 Å². The first-order valence-electron chi connectivity index (χ1n) is 6.63. The molecule has 1 aliphatic rings. The molecule has 1 unspecified atom stereocenters. The topological polar surface area (TPSA) is 41.1 Å². The predicted molar refractivity (Wildman–Crippen MR) is 76.6 cm³/mol. The highest BCUT2D eigenvalue weighted by Crippen LogP contribution is 2.29. The molecule has 0 bridgehead atoms. The molecule has 0 aliphatic carbocycles. The Bertz CT molecular complexity index is 474. The van der Waals surface area contributed by atoms with E-state index in [1.165, 1.54) is 12.1 Å². The second-order valence-electron chi connectivity index (χ2n) is 4.98. The molecule has 1 fully saturated rings. The maximum absolute atomic E-state index is 12.5. The molecule has 2 N–H and O–H groups in total. The van der Waals surface area contributed by atoms with Crippen LogP contribution in [-0.4, -0.2) is 25.5 Å². The highest BCUT2D eigenvalue weighted by Gasteiger charge is 2.30. The Morgan fingerprint density at radius 3 is 2.76 bits per heavy atom. The van der Waals surface area contributed by atoms with Crippen molar-refractivity contribution in [2.45, 2.75) is 19.0 Å². The van der Waals surface area contributed by atoms with Gasteiger partial charge in [0.25, 0.3) is 5.91 Å². The fourth-order valence-electron chi connectivity index (χ4n) is 2.29. The number of hydrogen-bond donors (Lipinski definition) is 2. The van der Waals surface area contributed by atoms with Crippen LogP contribution in [0.4, 0.5) is 13.2 Å². The molecule has 1 atom stereocenters. The summed E-state index contributed by atoms with van der Waals surface area (Å²) >= 11 is 0. The van der Waals surface area contributed by atoms with E-state index >= 15 is 0 Å². The van der Waals surface area contributed by atoms with Gasteiger partial charge in [0.2, 0.25) is 0 Å². The first kappa shape index (κ1) is 17.8. The lowest BCUT2D eigenvalue weighted by Gasteiger charge is -2.11. The van der Waals surface area contributed by atoms with Crippen LogP contribution in [-0.2, 0) is 6.18 Å². The molecule has 21 heavy (non-hydrogen) atoms. The van der Waals surface area contributed by atoms with Crippen LogP contribution in [0.25, 0.3) is 0 Å². The number of carbonyl (C=O) groups is 1. The summed E-state index contributed by atoms with van der Waals surface area (Å²) in [4.78, 5) is 11.8. The highest BCUT2D eigenvalue weighted by atomic mass is 35.5. The molecular weight excluding hydrogens is 305 g/mol. The van der Waals surface area contributed by atoms with Gasteiger partial charge >= 0.3 is 6.18 Å². The number of halogens is 4. The summed E-state index contributed by atoms with van der Waals surface area (Å²) in [5, 5.41) is 5.90. The second kappa shape index (κ2) is 7.66. The average Bonchev–Trinajstić information content (AvgIpc) is 2.91. The smallest absolute Gasteiger partial charge is 0.352 e. The first-order chi connectivity index (χ1) is 9.47. The van der Waals surface area contributed by atoms with Crippen LogP contribution >= 0.6 is 12.4 Å². The summed E-state index contributed by atoms with van der Waals surface area (Å²) < 4.78 is 37.6. The Morgan fingerprint density at radius 1 is 1.38 bits per heavy atom. The maximum atomic E-state index is 12.5. The minimum absolute atomic E-state index is 0. The van der Waals surface area contributed by atoms with Gasteiger partial charge in [-0.25, -0.2) is 0 Å². The molecule has 0 saturated carbocycles. The van der Waals surface area contributed by atoms with Crippen molar-refractivity contribution in [3.63, 3.8) is 0 Å². The number of alkyl halides is 3. The van der Waals surface area contributed by atoms with E-state index < -0.39 is 17.6 Å². The number of amides is 1. The van der Waals surface area contributed by atoms with Gasteiger partial charge in [-0.15, -0.1) is 12.4 Å². The quantitative estimate of drug-likeness (QED) is 0.895. The number of nitrogens with one attached hydrogen (secondary N) is 2. The van der Waals surface area contributed by atoms with Crippen molar-refractivity contribution in [3.8, 4) is 0 Å². The van der Waals surface area contributed by atoms with Gasteiger partial charge in [-0.05, 0) is 50.0 Å². The average molecular weight is 323 g/mol. The zero-order chi connectivity index (χ0) is 14.6. The third-order valence-electron chi connectivity index (χ3n) is 3.45. The van der Waals surface area contributed by atoms with Crippen LogP contribution in [0.5, 0.6) is 0 Å². The lowest BCUT2D eigenvalue weighted by molar-refractivity contribution is -0.137. The molecule has 1 aliphatic heterocycles. The van der Waals surface area contributed by atoms with E-state index in [-0.39, 0.29) is 18.0 Å². The van der Waals surface area contributed by atoms with E-state index in [1.807, 2.05) is 0 Å². The van der Waals surface area contributed by atoms with Gasteiger partial charge in [-0.2, -0.15) is 13.2 Å². The van der Waals surface area contributed by atoms with E-state index in [0.29, 0.717) is 12.5 Å². The molecule has 0 spiro atoms. The minimum Gasteiger partial charge on any atom is -0.352 e. The Hall–Kier alpha value is -1.27. The van der Waals surface area contributed by atoms with Gasteiger partial charge in [0.05, 0.1) is 5.56 Å². The molecule has 0 aromatic heterocycles. The molecule has 1 amide bonds. The lowest BCUT2D eigenvalue weighted by Crippen LogP contribution is -2.26. The predicted octanol–water partition coefficient (Wildman–Crippen LogP) is 2.86. The first-order valence-corrected chi connectivity index (χ1v) is 6.63. The van der Waals surface area contributed by atoms with E-state index in [9.17, 15) is 18.0 Å². The number of benzene rings is 1. The maximum Gasteiger partial charge on any atom is 0.416 e. The van der Waals surface area contributed by atoms with Gasteiger partial charge in [0.1, 0.15) is 0 Å². The van der Waals surface area contributed by atoms with Gasteiger partial charge in [0.15, 0.2) is 0 Å². The number of carbonyl (C=O) groups excluding carboxylic acids is 1. The molecule has 1 aromatic rings. The Balaban J connectivity index is 0.00000220. The summed E-state index contributed by atoms with van der Waals surface area (Å²) in [5.74, 6) is 0.0823. The van der Waals surface area contributed by atoms with Crippen molar-refractivity contribution in [2.24, 2.45) is 5.92 Å². The van der Waals surface area contributed by atoms with Crippen LogP contribution in [0.1, 0.15) is 28.8 Å². The SMILES string of the molecule is Cl.O=C(NCCC1CCNC1)c1cccc(C(F)(F)F)c1. The number of rotatable bonds is 4. The van der Waals surface area contributed by atoms with E-state index in [2.05, 4.69) is 10.6 Å². The monoisotopic (exact) mass is 322 g/mol. The van der Waals surface area contributed by atoms with Crippen LogP contribution in [0.15, 0.2) is 24.3 Å². The van der Waals surface area contributed by atoms with Crippen LogP contribution in [0.2, 0.25) is 0 Å². The van der Waals surface area contributed by atoms with Crippen LogP contribution in [0.3, 0.4) is 0 Å². The van der Waals surface area contributed by atoms with E-state index in [4.69, 9.17) is 0 Å². The molecule has 118 valence electrons. The van der Waals surface area contributed by atoms with E-state index in [1.54, 1.807) is 0 Å². The largest absolute Gasteiger partial charge is 0.416 e. The van der Waals surface area contributed by atoms with E-state index in [0.717, 1.165) is 38.1 Å². The summed E-state index contributed by atoms with van der Waals surface area (Å²) in [5.41, 5.74) is -0.755. The molecular formula is C14H18ClF3N2O. The fourth-order valence-corrected chi connectivity index (χ4v) is 2.29. The van der Waals surface area contributed by atoms with Gasteiger partial charge in [-0.3, -0.25) is 4.79 Å². The molecule has 7 heteroatoms. The third kappa shape index (κ3) is 5.21. The van der Waals surface area contributed by atoms with Gasteiger partial charge in [-0.1, -0.05) is 6.07 Å². The van der Waals surface area contributed by atoms with Gasteiger partial charge < -0.3 is 10.6 Å². The van der Waals surface area contributed by atoms with Crippen molar-refractivity contribution in [1.82, 2.24) is 10.6 Å². The lowest BCUT2D eigenvalue weighted by atomic mass is 10.1. The van der Waals surface area contributed by atoms with Crippen molar-refractivity contribution in [3.05, 3.63) is 35.4 Å². The normalized spacial score (nSPS) is 18.1. The minimum atomic E-state index is -4.42. The summed E-state index contributed by atoms with van der Waals surface area (Å²) in [6.45, 7) is 2.42. The fraction of sp³-hybridized carbons (Fsp3) is 0.500. The molecule has 2 rings (SSSR count). The summed E-state index contributed by atoms with van der Waals surface area (Å²) in [7, 11) is 0. The standard InChI is InChI=1S/C14H17F3N2O.ClH/c15-14(16,17)12-3-1-2-11(8-12)13(20)19-7-5-10-4-6-18-9-10;/h1-3,8,10,18H,4-7,9H2,(H,19,20);1H. The van der Waals surface area contributed by atoms with Crippen LogP contribution in [0, 0.1) is 5.92 Å². The van der Waals surface area contributed by atoms with Crippen molar-refractivity contribution in [1.29, 1.82) is 0 Å². The van der Waals surface area contributed by atoms with Crippen molar-refractivity contribution >= 4 is 18.3 Å². The molecule has 1 saturated heterocycles. The Labute approximate surface area is 127 Å². The third-order valence-corrected chi connectivity index (χ3v) is 3.45. The van der Waals surface area contributed by atoms with Crippen molar-refractivity contribution < 1.29 is 18.0 Å². The highest BCUT2D eigenvalue weighted by molar-refractivity contribution is 5.94. The summed E-state index contributed by atoms with van der Waals surface area (Å²) in [6.07, 6.45) is -2.50. The molecule has 0 radical (unpaired) electrons.